The Morgan fingerprint density at radius 2 is 0.407 bits per heavy atom. The number of aryl methyl sites for hydroxylation is 5. The Balaban J connectivity index is 0.000000634. The van der Waals surface area contributed by atoms with Crippen LogP contribution in [0.4, 0.5) is 0 Å². The zero-order chi connectivity index (χ0) is 39.6. The smallest absolute Gasteiger partial charge is 0.0434 e. The van der Waals surface area contributed by atoms with Crippen molar-refractivity contribution in [1.82, 2.24) is 0 Å². The molecule has 0 spiro atoms. The molecular formula is C48H68O6. The first-order valence-corrected chi connectivity index (χ1v) is 19.4. The standard InChI is InChI=1S/5C9H12O.C3H8O/c5*10-8-4-7-9-5-2-1-3-6-9;1-2-3-4/h5*1-3,5-6,10H,4,7-8H2;4H,2-3H2,1H3. The molecule has 5 aromatic carbocycles. The Labute approximate surface area is 326 Å². The fourth-order valence-electron chi connectivity index (χ4n) is 4.64. The van der Waals surface area contributed by atoms with Crippen LogP contribution in [-0.2, 0) is 32.1 Å². The highest BCUT2D eigenvalue weighted by Crippen LogP contribution is 2.04. The lowest BCUT2D eigenvalue weighted by molar-refractivity contribution is 0.288. The first kappa shape index (κ1) is 49.9. The van der Waals surface area contributed by atoms with Crippen LogP contribution in [0.2, 0.25) is 0 Å². The summed E-state index contributed by atoms with van der Waals surface area (Å²) >= 11 is 0. The minimum Gasteiger partial charge on any atom is -0.396 e. The van der Waals surface area contributed by atoms with Gasteiger partial charge < -0.3 is 30.6 Å². The zero-order valence-corrected chi connectivity index (χ0v) is 32.6. The van der Waals surface area contributed by atoms with Gasteiger partial charge in [0.25, 0.3) is 0 Å². The molecule has 0 aliphatic rings. The van der Waals surface area contributed by atoms with Gasteiger partial charge in [-0.2, -0.15) is 0 Å². The number of aliphatic hydroxyl groups is 6. The van der Waals surface area contributed by atoms with E-state index in [1.807, 2.05) is 97.9 Å². The van der Waals surface area contributed by atoms with Gasteiger partial charge in [0.2, 0.25) is 0 Å². The largest absolute Gasteiger partial charge is 0.396 e. The van der Waals surface area contributed by atoms with Gasteiger partial charge in [0.1, 0.15) is 0 Å². The molecule has 6 heteroatoms. The summed E-state index contributed by atoms with van der Waals surface area (Å²) in [6.07, 6.45) is 10.1. The van der Waals surface area contributed by atoms with Crippen LogP contribution in [0.3, 0.4) is 0 Å². The number of aliphatic hydroxyl groups excluding tert-OH is 6. The average molecular weight is 741 g/mol. The first-order chi connectivity index (χ1) is 26.6. The lowest BCUT2D eigenvalue weighted by Gasteiger charge is -1.96. The Kier molecular flexibility index (Phi) is 37.0. The van der Waals surface area contributed by atoms with Crippen LogP contribution < -0.4 is 0 Å². The summed E-state index contributed by atoms with van der Waals surface area (Å²) in [6, 6.07) is 51.0. The van der Waals surface area contributed by atoms with Gasteiger partial charge in [-0.15, -0.1) is 0 Å². The van der Waals surface area contributed by atoms with Crippen molar-refractivity contribution in [1.29, 1.82) is 0 Å². The molecule has 0 aromatic heterocycles. The van der Waals surface area contributed by atoms with Crippen molar-refractivity contribution in [2.45, 2.75) is 77.6 Å². The van der Waals surface area contributed by atoms with E-state index in [1.54, 1.807) is 0 Å². The molecule has 296 valence electrons. The second-order valence-electron chi connectivity index (χ2n) is 12.3. The van der Waals surface area contributed by atoms with E-state index in [0.29, 0.717) is 6.61 Å². The van der Waals surface area contributed by atoms with E-state index in [0.717, 1.165) is 70.6 Å². The van der Waals surface area contributed by atoms with Crippen LogP contribution in [0.25, 0.3) is 0 Å². The second kappa shape index (κ2) is 40.1. The van der Waals surface area contributed by atoms with Crippen molar-refractivity contribution in [3.63, 3.8) is 0 Å². The molecule has 5 aromatic rings. The normalized spacial score (nSPS) is 9.54. The SMILES string of the molecule is CCCO.OCCCc1ccccc1.OCCCc1ccccc1.OCCCc1ccccc1.OCCCc1ccccc1.OCCCc1ccccc1. The summed E-state index contributed by atoms with van der Waals surface area (Å²) in [5, 5.41) is 50.5. The highest BCUT2D eigenvalue weighted by atomic mass is 16.3. The van der Waals surface area contributed by atoms with Crippen LogP contribution in [0.1, 0.15) is 73.3 Å². The first-order valence-electron chi connectivity index (χ1n) is 19.4. The van der Waals surface area contributed by atoms with Gasteiger partial charge in [0, 0.05) is 39.6 Å². The van der Waals surface area contributed by atoms with Crippen molar-refractivity contribution in [3.8, 4) is 0 Å². The molecule has 0 saturated heterocycles. The molecule has 0 aliphatic carbocycles. The van der Waals surface area contributed by atoms with Gasteiger partial charge in [-0.25, -0.2) is 0 Å². The molecule has 0 atom stereocenters. The third-order valence-corrected chi connectivity index (χ3v) is 7.56. The van der Waals surface area contributed by atoms with Crippen LogP contribution >= 0.6 is 0 Å². The third kappa shape index (κ3) is 32.5. The predicted octanol–water partition coefficient (Wildman–Crippen LogP) is 8.45. The Bertz CT molecular complexity index is 1130. The van der Waals surface area contributed by atoms with Crippen molar-refractivity contribution in [2.75, 3.05) is 39.6 Å². The molecule has 0 unspecified atom stereocenters. The minimum absolute atomic E-state index is 0.287. The molecular weight excluding hydrogens is 673 g/mol. The molecule has 54 heavy (non-hydrogen) atoms. The van der Waals surface area contributed by atoms with E-state index in [1.165, 1.54) is 27.8 Å². The fourth-order valence-corrected chi connectivity index (χ4v) is 4.64. The Morgan fingerprint density at radius 3 is 0.519 bits per heavy atom. The summed E-state index contributed by atoms with van der Waals surface area (Å²) in [5.74, 6) is 0. The number of rotatable bonds is 16. The van der Waals surface area contributed by atoms with E-state index in [4.69, 9.17) is 30.6 Å². The maximum absolute atomic E-state index is 8.53. The Hall–Kier alpha value is -4.14. The third-order valence-electron chi connectivity index (χ3n) is 7.56. The summed E-state index contributed by atoms with van der Waals surface area (Å²) in [5.41, 5.74) is 6.51. The number of hydrogen-bond acceptors (Lipinski definition) is 6. The molecule has 0 radical (unpaired) electrons. The van der Waals surface area contributed by atoms with Crippen molar-refractivity contribution >= 4 is 0 Å². The maximum atomic E-state index is 8.53. The van der Waals surface area contributed by atoms with Gasteiger partial charge in [0.15, 0.2) is 0 Å². The fraction of sp³-hybridized carbons (Fsp3) is 0.375. The van der Waals surface area contributed by atoms with Crippen LogP contribution in [-0.4, -0.2) is 70.3 Å². The quantitative estimate of drug-likeness (QED) is 0.0604. The van der Waals surface area contributed by atoms with E-state index < -0.39 is 0 Å². The zero-order valence-electron chi connectivity index (χ0n) is 32.6. The monoisotopic (exact) mass is 741 g/mol. The Morgan fingerprint density at radius 1 is 0.259 bits per heavy atom. The lowest BCUT2D eigenvalue weighted by atomic mass is 10.1. The average Bonchev–Trinajstić information content (AvgIpc) is 3.25. The van der Waals surface area contributed by atoms with Gasteiger partial charge in [-0.1, -0.05) is 159 Å². The molecule has 6 N–H and O–H groups in total. The highest BCUT2D eigenvalue weighted by molar-refractivity contribution is 5.17. The van der Waals surface area contributed by atoms with Crippen LogP contribution in [0.15, 0.2) is 152 Å². The van der Waals surface area contributed by atoms with E-state index in [-0.39, 0.29) is 33.0 Å². The van der Waals surface area contributed by atoms with Gasteiger partial charge in [0.05, 0.1) is 0 Å². The highest BCUT2D eigenvalue weighted by Gasteiger charge is 1.91. The van der Waals surface area contributed by atoms with Crippen molar-refractivity contribution in [2.24, 2.45) is 0 Å². The topological polar surface area (TPSA) is 121 Å². The van der Waals surface area contributed by atoms with Crippen LogP contribution in [0.5, 0.6) is 0 Å². The van der Waals surface area contributed by atoms with Crippen LogP contribution in [0, 0.1) is 0 Å². The summed E-state index contributed by atoms with van der Waals surface area (Å²) in [4.78, 5) is 0. The number of benzene rings is 5. The van der Waals surface area contributed by atoms with Gasteiger partial charge >= 0.3 is 0 Å². The van der Waals surface area contributed by atoms with Crippen molar-refractivity contribution in [3.05, 3.63) is 179 Å². The maximum Gasteiger partial charge on any atom is 0.0434 e. The van der Waals surface area contributed by atoms with Crippen molar-refractivity contribution < 1.29 is 30.6 Å². The molecule has 0 fully saturated rings. The summed E-state index contributed by atoms with van der Waals surface area (Å²) < 4.78 is 0. The molecule has 0 bridgehead atoms. The summed E-state index contributed by atoms with van der Waals surface area (Å²) in [6.45, 7) is 3.68. The summed E-state index contributed by atoms with van der Waals surface area (Å²) in [7, 11) is 0. The molecule has 0 saturated carbocycles. The molecule has 0 aliphatic heterocycles. The van der Waals surface area contributed by atoms with E-state index in [9.17, 15) is 0 Å². The van der Waals surface area contributed by atoms with Gasteiger partial charge in [-0.05, 0) is 98.4 Å². The minimum atomic E-state index is 0.287. The second-order valence-corrected chi connectivity index (χ2v) is 12.3. The lowest BCUT2D eigenvalue weighted by Crippen LogP contribution is -1.87. The van der Waals surface area contributed by atoms with Gasteiger partial charge in [-0.3, -0.25) is 0 Å². The molecule has 6 nitrogen and oxygen atoms in total. The van der Waals surface area contributed by atoms with E-state index in [2.05, 4.69) is 60.7 Å². The molecule has 0 heterocycles. The number of hydrogen-bond donors (Lipinski definition) is 6. The van der Waals surface area contributed by atoms with E-state index >= 15 is 0 Å². The molecule has 5 rings (SSSR count). The predicted molar refractivity (Wildman–Crippen MR) is 227 cm³/mol. The molecule has 0 amide bonds.